The molecule has 4 aromatic rings. The van der Waals surface area contributed by atoms with Crippen molar-refractivity contribution in [3.63, 3.8) is 0 Å². The van der Waals surface area contributed by atoms with Gasteiger partial charge in [-0.05, 0) is 39.2 Å². The van der Waals surface area contributed by atoms with Gasteiger partial charge in [-0.3, -0.25) is 0 Å². The molecule has 3 heteroatoms. The van der Waals surface area contributed by atoms with E-state index >= 15 is 0 Å². The molecule has 0 saturated carbocycles. The maximum absolute atomic E-state index is 6.33. The topological polar surface area (TPSA) is 13.1 Å². The Morgan fingerprint density at radius 2 is 1.62 bits per heavy atom. The summed E-state index contributed by atoms with van der Waals surface area (Å²) >= 11 is 9.87. The van der Waals surface area contributed by atoms with Gasteiger partial charge in [0.25, 0.3) is 0 Å². The van der Waals surface area contributed by atoms with Crippen molar-refractivity contribution in [2.75, 3.05) is 0 Å². The van der Waals surface area contributed by atoms with Crippen molar-refractivity contribution in [3.8, 4) is 11.1 Å². The Hall–Kier alpha value is -1.77. The summed E-state index contributed by atoms with van der Waals surface area (Å²) in [6.07, 6.45) is 0. The molecule has 0 aliphatic rings. The van der Waals surface area contributed by atoms with Crippen LogP contribution in [0, 0.1) is 0 Å². The first-order chi connectivity index (χ1) is 10.3. The molecule has 0 N–H and O–H groups in total. The third kappa shape index (κ3) is 1.98. The van der Waals surface area contributed by atoms with Gasteiger partial charge in [-0.25, -0.2) is 0 Å². The number of benzene rings is 3. The van der Waals surface area contributed by atoms with E-state index in [0.29, 0.717) is 5.02 Å². The van der Waals surface area contributed by atoms with E-state index in [2.05, 4.69) is 40.2 Å². The van der Waals surface area contributed by atoms with Crippen LogP contribution >= 0.6 is 27.5 Å². The molecule has 1 aromatic heterocycles. The highest BCUT2D eigenvalue weighted by Gasteiger charge is 2.16. The van der Waals surface area contributed by atoms with Crippen molar-refractivity contribution < 1.29 is 4.42 Å². The molecule has 0 atom stereocenters. The highest BCUT2D eigenvalue weighted by molar-refractivity contribution is 9.10. The van der Waals surface area contributed by atoms with Crippen molar-refractivity contribution in [2.24, 2.45) is 0 Å². The van der Waals surface area contributed by atoms with E-state index in [4.69, 9.17) is 16.0 Å². The van der Waals surface area contributed by atoms with Crippen LogP contribution in [0.15, 0.2) is 69.6 Å². The first-order valence-electron chi connectivity index (χ1n) is 6.60. The number of hydrogen-bond donors (Lipinski definition) is 0. The minimum Gasteiger partial charge on any atom is -0.453 e. The summed E-state index contributed by atoms with van der Waals surface area (Å²) in [6, 6.07) is 20.3. The fraction of sp³-hybridized carbons (Fsp3) is 0. The second-order valence-electron chi connectivity index (χ2n) is 4.88. The van der Waals surface area contributed by atoms with Crippen LogP contribution in [-0.4, -0.2) is 0 Å². The van der Waals surface area contributed by atoms with Gasteiger partial charge in [-0.2, -0.15) is 0 Å². The number of rotatable bonds is 1. The van der Waals surface area contributed by atoms with E-state index in [-0.39, 0.29) is 0 Å². The molecule has 1 nitrogen and oxygen atoms in total. The van der Waals surface area contributed by atoms with Gasteiger partial charge in [0.15, 0.2) is 5.58 Å². The molecule has 0 aliphatic heterocycles. The van der Waals surface area contributed by atoms with E-state index in [1.165, 1.54) is 0 Å². The Morgan fingerprint density at radius 3 is 2.43 bits per heavy atom. The van der Waals surface area contributed by atoms with Crippen molar-refractivity contribution in [3.05, 3.63) is 70.2 Å². The van der Waals surface area contributed by atoms with Gasteiger partial charge in [0.2, 0.25) is 0 Å². The van der Waals surface area contributed by atoms with Crippen molar-refractivity contribution in [1.82, 2.24) is 0 Å². The molecule has 0 radical (unpaired) electrons. The van der Waals surface area contributed by atoms with E-state index in [0.717, 1.165) is 37.5 Å². The Bertz CT molecular complexity index is 957. The van der Waals surface area contributed by atoms with E-state index < -0.39 is 0 Å². The predicted octanol–water partition coefficient (Wildman–Crippen LogP) is 6.67. The van der Waals surface area contributed by atoms with Gasteiger partial charge in [-0.1, -0.05) is 60.1 Å². The summed E-state index contributed by atoms with van der Waals surface area (Å²) < 4.78 is 6.93. The third-order valence-corrected chi connectivity index (χ3v) is 4.56. The minimum atomic E-state index is 0.632. The molecule has 3 aromatic carbocycles. The summed E-state index contributed by atoms with van der Waals surface area (Å²) in [6.45, 7) is 0. The van der Waals surface area contributed by atoms with Crippen LogP contribution in [0.3, 0.4) is 0 Å². The summed E-state index contributed by atoms with van der Waals surface area (Å²) in [5.41, 5.74) is 3.85. The average molecular weight is 358 g/mol. The Morgan fingerprint density at radius 1 is 0.810 bits per heavy atom. The van der Waals surface area contributed by atoms with E-state index in [1.807, 2.05) is 36.4 Å². The Kier molecular flexibility index (Phi) is 3.02. The van der Waals surface area contributed by atoms with Gasteiger partial charge in [0, 0.05) is 10.8 Å². The number of hydrogen-bond acceptors (Lipinski definition) is 1. The molecule has 1 heterocycles. The van der Waals surface area contributed by atoms with E-state index in [1.54, 1.807) is 0 Å². The number of halogens is 2. The molecule has 21 heavy (non-hydrogen) atoms. The lowest BCUT2D eigenvalue weighted by Crippen LogP contribution is -1.79. The second-order valence-corrected chi connectivity index (χ2v) is 6.15. The van der Waals surface area contributed by atoms with Gasteiger partial charge >= 0.3 is 0 Å². The molecule has 102 valence electrons. The quantitative estimate of drug-likeness (QED) is 0.371. The Labute approximate surface area is 135 Å². The van der Waals surface area contributed by atoms with Crippen molar-refractivity contribution in [1.29, 1.82) is 0 Å². The van der Waals surface area contributed by atoms with Gasteiger partial charge in [-0.15, -0.1) is 0 Å². The predicted molar refractivity (Wildman–Crippen MR) is 91.9 cm³/mol. The fourth-order valence-electron chi connectivity index (χ4n) is 2.69. The van der Waals surface area contributed by atoms with Crippen LogP contribution in [0.5, 0.6) is 0 Å². The first-order valence-corrected chi connectivity index (χ1v) is 7.77. The molecule has 0 aliphatic carbocycles. The van der Waals surface area contributed by atoms with Crippen LogP contribution in [-0.2, 0) is 0 Å². The molecule has 0 fully saturated rings. The highest BCUT2D eigenvalue weighted by atomic mass is 79.9. The average Bonchev–Trinajstić information content (AvgIpc) is 2.91. The van der Waals surface area contributed by atoms with Crippen LogP contribution in [0.1, 0.15) is 0 Å². The number of furan rings is 1. The summed E-state index contributed by atoms with van der Waals surface area (Å²) in [4.78, 5) is 0. The zero-order valence-corrected chi connectivity index (χ0v) is 13.3. The lowest BCUT2D eigenvalue weighted by molar-refractivity contribution is 0.667. The van der Waals surface area contributed by atoms with Crippen LogP contribution < -0.4 is 0 Å². The van der Waals surface area contributed by atoms with E-state index in [9.17, 15) is 0 Å². The molecule has 0 amide bonds. The van der Waals surface area contributed by atoms with Crippen LogP contribution in [0.4, 0.5) is 0 Å². The van der Waals surface area contributed by atoms with Gasteiger partial charge < -0.3 is 4.42 Å². The van der Waals surface area contributed by atoms with Crippen molar-refractivity contribution in [2.45, 2.75) is 0 Å². The lowest BCUT2D eigenvalue weighted by Gasteiger charge is -2.04. The number of para-hydroxylation sites is 1. The molecule has 4 rings (SSSR count). The highest BCUT2D eigenvalue weighted by Crippen LogP contribution is 2.41. The smallest absolute Gasteiger partial charge is 0.154 e. The third-order valence-electron chi connectivity index (χ3n) is 3.63. The lowest BCUT2D eigenvalue weighted by atomic mass is 9.99. The minimum absolute atomic E-state index is 0.632. The second kappa shape index (κ2) is 4.90. The zero-order valence-electron chi connectivity index (χ0n) is 10.9. The maximum Gasteiger partial charge on any atom is 0.154 e. The van der Waals surface area contributed by atoms with Gasteiger partial charge in [0.05, 0.1) is 9.50 Å². The molecule has 0 unspecified atom stereocenters. The largest absolute Gasteiger partial charge is 0.453 e. The fourth-order valence-corrected chi connectivity index (χ4v) is 3.34. The van der Waals surface area contributed by atoms with Gasteiger partial charge in [0.1, 0.15) is 5.58 Å². The van der Waals surface area contributed by atoms with Crippen molar-refractivity contribution >= 4 is 49.5 Å². The number of fused-ring (bicyclic) bond motifs is 3. The molecule has 0 spiro atoms. The normalized spacial score (nSPS) is 11.3. The maximum atomic E-state index is 6.33. The molecule has 0 bridgehead atoms. The summed E-state index contributed by atoms with van der Waals surface area (Å²) in [5.74, 6) is 0. The summed E-state index contributed by atoms with van der Waals surface area (Å²) in [5, 5.41) is 2.76. The van der Waals surface area contributed by atoms with Crippen LogP contribution in [0.25, 0.3) is 33.1 Å². The zero-order chi connectivity index (χ0) is 14.4. The van der Waals surface area contributed by atoms with Crippen LogP contribution in [0.2, 0.25) is 5.02 Å². The molecule has 0 saturated heterocycles. The molecular weight excluding hydrogens is 348 g/mol. The Balaban J connectivity index is 2.21. The first kappa shape index (κ1) is 12.9. The SMILES string of the molecule is Clc1ccc(-c2ccccc2)c2c1oc1c(Br)cccc12. The molecular formula is C18H10BrClO. The summed E-state index contributed by atoms with van der Waals surface area (Å²) in [7, 11) is 0. The standard InChI is InChI=1S/C18H10BrClO/c19-14-8-4-7-13-16-12(11-5-2-1-3-6-11)9-10-15(20)18(16)21-17(13)14/h1-10H. The monoisotopic (exact) mass is 356 g/mol.